The molecule has 0 aliphatic heterocycles. The molecule has 0 saturated heterocycles. The number of carbonyl (C=O) groups is 1. The van der Waals surface area contributed by atoms with E-state index < -0.39 is 6.04 Å². The number of hydrogen-bond donors (Lipinski definition) is 2. The maximum absolute atomic E-state index is 11.4. The molecule has 0 fully saturated rings. The molecule has 15 heavy (non-hydrogen) atoms. The first-order chi connectivity index (χ1) is 6.63. The van der Waals surface area contributed by atoms with Crippen LogP contribution in [0.1, 0.15) is 13.3 Å². The molecular formula is C10H14Cl2N2O. The summed E-state index contributed by atoms with van der Waals surface area (Å²) in [6, 6.07) is 6.51. The second-order valence-corrected chi connectivity index (χ2v) is 3.45. The maximum atomic E-state index is 11.4. The lowest BCUT2D eigenvalue weighted by atomic mass is 10.2. The summed E-state index contributed by atoms with van der Waals surface area (Å²) in [5.41, 5.74) is 6.23. The number of carbonyl (C=O) groups excluding carboxylic acids is 1. The van der Waals surface area contributed by atoms with E-state index in [9.17, 15) is 4.79 Å². The molecule has 0 heterocycles. The molecule has 0 unspecified atom stereocenters. The summed E-state index contributed by atoms with van der Waals surface area (Å²) in [5.74, 6) is -0.185. The van der Waals surface area contributed by atoms with E-state index in [4.69, 9.17) is 17.3 Å². The summed E-state index contributed by atoms with van der Waals surface area (Å²) in [6.45, 7) is 1.86. The molecule has 3 nitrogen and oxygen atoms in total. The summed E-state index contributed by atoms with van der Waals surface area (Å²) in [6.07, 6.45) is 0.617. The van der Waals surface area contributed by atoms with Gasteiger partial charge in [-0.15, -0.1) is 12.4 Å². The van der Waals surface area contributed by atoms with Gasteiger partial charge in [0.15, 0.2) is 0 Å². The Hall–Kier alpha value is -0.770. The second-order valence-electron chi connectivity index (χ2n) is 3.01. The van der Waals surface area contributed by atoms with Gasteiger partial charge in [0.05, 0.1) is 6.04 Å². The van der Waals surface area contributed by atoms with Crippen molar-refractivity contribution in [2.24, 2.45) is 5.73 Å². The fourth-order valence-electron chi connectivity index (χ4n) is 0.987. The minimum absolute atomic E-state index is 0. The first-order valence-corrected chi connectivity index (χ1v) is 4.83. The van der Waals surface area contributed by atoms with Crippen molar-refractivity contribution in [2.75, 3.05) is 5.32 Å². The summed E-state index contributed by atoms with van der Waals surface area (Å²) in [4.78, 5) is 11.4. The molecule has 1 rings (SSSR count). The topological polar surface area (TPSA) is 55.1 Å². The van der Waals surface area contributed by atoms with Crippen molar-refractivity contribution in [3.05, 3.63) is 29.3 Å². The maximum Gasteiger partial charge on any atom is 0.241 e. The number of anilines is 1. The van der Waals surface area contributed by atoms with Crippen LogP contribution in [0, 0.1) is 0 Å². The van der Waals surface area contributed by atoms with E-state index in [0.29, 0.717) is 17.1 Å². The molecule has 1 aromatic carbocycles. The van der Waals surface area contributed by atoms with Gasteiger partial charge < -0.3 is 11.1 Å². The van der Waals surface area contributed by atoms with Gasteiger partial charge in [-0.3, -0.25) is 4.79 Å². The monoisotopic (exact) mass is 248 g/mol. The number of benzene rings is 1. The first kappa shape index (κ1) is 14.2. The van der Waals surface area contributed by atoms with E-state index >= 15 is 0 Å². The Kier molecular flexibility index (Phi) is 6.32. The Morgan fingerprint density at radius 1 is 1.60 bits per heavy atom. The van der Waals surface area contributed by atoms with E-state index in [1.165, 1.54) is 0 Å². The lowest BCUT2D eigenvalue weighted by Crippen LogP contribution is -2.34. The summed E-state index contributed by atoms with van der Waals surface area (Å²) in [5, 5.41) is 3.28. The quantitative estimate of drug-likeness (QED) is 0.864. The minimum Gasteiger partial charge on any atom is -0.325 e. The fourth-order valence-corrected chi connectivity index (χ4v) is 1.18. The SMILES string of the molecule is CC[C@H](N)C(=O)Nc1cccc(Cl)c1.Cl. The van der Waals surface area contributed by atoms with E-state index in [1.54, 1.807) is 24.3 Å². The molecule has 5 heteroatoms. The number of rotatable bonds is 3. The zero-order valence-corrected chi connectivity index (χ0v) is 9.94. The standard InChI is InChI=1S/C10H13ClN2O.ClH/c1-2-9(12)10(14)13-8-5-3-4-7(11)6-8;/h3-6,9H,2,12H2,1H3,(H,13,14);1H/t9-;/m0./s1. The normalized spacial score (nSPS) is 11.4. The number of amides is 1. The van der Waals surface area contributed by atoms with Crippen LogP contribution in [-0.4, -0.2) is 11.9 Å². The predicted octanol–water partition coefficient (Wildman–Crippen LogP) is 2.44. The second kappa shape index (κ2) is 6.67. The van der Waals surface area contributed by atoms with Crippen LogP contribution in [0.4, 0.5) is 5.69 Å². The van der Waals surface area contributed by atoms with Gasteiger partial charge >= 0.3 is 0 Å². The lowest BCUT2D eigenvalue weighted by molar-refractivity contribution is -0.117. The Labute approximate surface area is 100 Å². The summed E-state index contributed by atoms with van der Waals surface area (Å²) in [7, 11) is 0. The molecule has 0 spiro atoms. The molecule has 1 amide bonds. The van der Waals surface area contributed by atoms with Crippen molar-refractivity contribution < 1.29 is 4.79 Å². The molecule has 0 radical (unpaired) electrons. The van der Waals surface area contributed by atoms with Crippen molar-refractivity contribution in [3.8, 4) is 0 Å². The number of nitrogens with two attached hydrogens (primary N) is 1. The fraction of sp³-hybridized carbons (Fsp3) is 0.300. The Morgan fingerprint density at radius 3 is 2.80 bits per heavy atom. The Morgan fingerprint density at radius 2 is 2.27 bits per heavy atom. The highest BCUT2D eigenvalue weighted by Crippen LogP contribution is 2.14. The molecule has 1 aromatic rings. The van der Waals surface area contributed by atoms with Crippen LogP contribution in [0.2, 0.25) is 5.02 Å². The average molecular weight is 249 g/mol. The molecule has 84 valence electrons. The molecule has 0 aromatic heterocycles. The van der Waals surface area contributed by atoms with Crippen LogP contribution in [0.25, 0.3) is 0 Å². The summed E-state index contributed by atoms with van der Waals surface area (Å²) < 4.78 is 0. The van der Waals surface area contributed by atoms with Crippen LogP contribution in [0.5, 0.6) is 0 Å². The molecule has 0 aliphatic rings. The van der Waals surface area contributed by atoms with E-state index in [2.05, 4.69) is 5.32 Å². The van der Waals surface area contributed by atoms with Gasteiger partial charge in [0.2, 0.25) is 5.91 Å². The number of halogens is 2. The van der Waals surface area contributed by atoms with Crippen LogP contribution in [0.3, 0.4) is 0 Å². The van der Waals surface area contributed by atoms with Gasteiger partial charge in [-0.2, -0.15) is 0 Å². The zero-order chi connectivity index (χ0) is 10.6. The van der Waals surface area contributed by atoms with E-state index in [0.717, 1.165) is 0 Å². The number of nitrogens with one attached hydrogen (secondary N) is 1. The van der Waals surface area contributed by atoms with Gasteiger partial charge in [-0.1, -0.05) is 24.6 Å². The average Bonchev–Trinajstić information content (AvgIpc) is 2.16. The zero-order valence-electron chi connectivity index (χ0n) is 8.37. The van der Waals surface area contributed by atoms with Crippen molar-refractivity contribution in [2.45, 2.75) is 19.4 Å². The highest BCUT2D eigenvalue weighted by atomic mass is 35.5. The van der Waals surface area contributed by atoms with Crippen LogP contribution in [0.15, 0.2) is 24.3 Å². The van der Waals surface area contributed by atoms with Gasteiger partial charge in [-0.05, 0) is 24.6 Å². The van der Waals surface area contributed by atoms with E-state index in [-0.39, 0.29) is 18.3 Å². The lowest BCUT2D eigenvalue weighted by Gasteiger charge is -2.09. The van der Waals surface area contributed by atoms with Gasteiger partial charge in [0, 0.05) is 10.7 Å². The number of hydrogen-bond acceptors (Lipinski definition) is 2. The predicted molar refractivity (Wildman–Crippen MR) is 65.6 cm³/mol. The van der Waals surface area contributed by atoms with Crippen LogP contribution >= 0.6 is 24.0 Å². The molecule has 1 atom stereocenters. The minimum atomic E-state index is -0.464. The van der Waals surface area contributed by atoms with E-state index in [1.807, 2.05) is 6.92 Å². The third-order valence-electron chi connectivity index (χ3n) is 1.87. The molecule has 0 bridgehead atoms. The van der Waals surface area contributed by atoms with Gasteiger partial charge in [-0.25, -0.2) is 0 Å². The Balaban J connectivity index is 0.00000196. The molecule has 0 aliphatic carbocycles. The third-order valence-corrected chi connectivity index (χ3v) is 2.10. The van der Waals surface area contributed by atoms with Crippen molar-refractivity contribution in [3.63, 3.8) is 0 Å². The molecular weight excluding hydrogens is 235 g/mol. The first-order valence-electron chi connectivity index (χ1n) is 4.45. The van der Waals surface area contributed by atoms with Gasteiger partial charge in [0.25, 0.3) is 0 Å². The molecule has 3 N–H and O–H groups in total. The smallest absolute Gasteiger partial charge is 0.241 e. The van der Waals surface area contributed by atoms with Crippen LogP contribution < -0.4 is 11.1 Å². The van der Waals surface area contributed by atoms with Crippen molar-refractivity contribution in [1.29, 1.82) is 0 Å². The van der Waals surface area contributed by atoms with Crippen molar-refractivity contribution >= 4 is 35.6 Å². The largest absolute Gasteiger partial charge is 0.325 e. The Bertz CT molecular complexity index is 331. The highest BCUT2D eigenvalue weighted by molar-refractivity contribution is 6.30. The van der Waals surface area contributed by atoms with Crippen LogP contribution in [-0.2, 0) is 4.79 Å². The highest BCUT2D eigenvalue weighted by Gasteiger charge is 2.10. The summed E-state index contributed by atoms with van der Waals surface area (Å²) >= 11 is 5.76. The third kappa shape index (κ3) is 4.51. The van der Waals surface area contributed by atoms with Crippen molar-refractivity contribution in [1.82, 2.24) is 0 Å². The van der Waals surface area contributed by atoms with Gasteiger partial charge in [0.1, 0.15) is 0 Å². The molecule has 0 saturated carbocycles.